The van der Waals surface area contributed by atoms with Crippen molar-refractivity contribution in [3.05, 3.63) is 0 Å². The van der Waals surface area contributed by atoms with Crippen molar-refractivity contribution in [2.45, 2.75) is 51.6 Å². The number of hydrogen-bond donors (Lipinski definition) is 3. The van der Waals surface area contributed by atoms with Crippen LogP contribution in [0.2, 0.25) is 0 Å². The maximum absolute atomic E-state index is 11.4. The van der Waals surface area contributed by atoms with Gasteiger partial charge in [0.25, 0.3) is 0 Å². The summed E-state index contributed by atoms with van der Waals surface area (Å²) in [6, 6.07) is 0. The number of rotatable bonds is 6. The first-order chi connectivity index (χ1) is 8.78. The molecule has 0 heterocycles. The van der Waals surface area contributed by atoms with E-state index in [0.29, 0.717) is 12.8 Å². The zero-order valence-corrected chi connectivity index (χ0v) is 11.7. The SMILES string of the molecule is CC(=O)CC1(O)CC(CO)CCC1(CO)CC(C)=O. The molecule has 0 amide bonds. The standard InChI is InChI=1S/C14H24O5/c1-10(17)5-13(9-16)4-3-12(8-15)7-14(13,19)6-11(2)18/h12,15-16,19H,3-9H2,1-2H3. The van der Waals surface area contributed by atoms with Crippen molar-refractivity contribution in [1.82, 2.24) is 0 Å². The van der Waals surface area contributed by atoms with Crippen molar-refractivity contribution >= 4 is 11.6 Å². The van der Waals surface area contributed by atoms with Crippen LogP contribution < -0.4 is 0 Å². The summed E-state index contributed by atoms with van der Waals surface area (Å²) in [5, 5.41) is 29.8. The zero-order chi connectivity index (χ0) is 14.7. The predicted octanol–water partition coefficient (Wildman–Crippen LogP) is 0.447. The lowest BCUT2D eigenvalue weighted by Gasteiger charge is -2.51. The summed E-state index contributed by atoms with van der Waals surface area (Å²) in [6.07, 6.45) is 1.31. The molecule has 1 saturated carbocycles. The van der Waals surface area contributed by atoms with Gasteiger partial charge in [-0.25, -0.2) is 0 Å². The summed E-state index contributed by atoms with van der Waals surface area (Å²) in [5.74, 6) is -0.378. The Morgan fingerprint density at radius 3 is 2.16 bits per heavy atom. The Kier molecular flexibility index (Phi) is 5.24. The maximum atomic E-state index is 11.4. The second-order valence-corrected chi connectivity index (χ2v) is 6.02. The third kappa shape index (κ3) is 3.41. The number of aliphatic hydroxyl groups is 3. The lowest BCUT2D eigenvalue weighted by atomic mass is 9.57. The minimum absolute atomic E-state index is 0.0538. The molecule has 1 rings (SSSR count). The zero-order valence-electron chi connectivity index (χ0n) is 11.7. The van der Waals surface area contributed by atoms with E-state index >= 15 is 0 Å². The fraction of sp³-hybridized carbons (Fsp3) is 0.857. The van der Waals surface area contributed by atoms with Crippen molar-refractivity contribution in [3.8, 4) is 0 Å². The normalized spacial score (nSPS) is 35.1. The molecule has 5 nitrogen and oxygen atoms in total. The Balaban J connectivity index is 3.09. The van der Waals surface area contributed by atoms with Gasteiger partial charge in [0.05, 0.1) is 12.2 Å². The number of hydrogen-bond acceptors (Lipinski definition) is 5. The molecular formula is C14H24O5. The van der Waals surface area contributed by atoms with E-state index < -0.39 is 11.0 Å². The summed E-state index contributed by atoms with van der Waals surface area (Å²) in [6.45, 7) is 2.43. The molecule has 0 aliphatic heterocycles. The fourth-order valence-electron chi connectivity index (χ4n) is 3.35. The van der Waals surface area contributed by atoms with Crippen LogP contribution in [0.25, 0.3) is 0 Å². The van der Waals surface area contributed by atoms with Gasteiger partial charge in [-0.05, 0) is 39.0 Å². The molecule has 3 N–H and O–H groups in total. The van der Waals surface area contributed by atoms with Crippen molar-refractivity contribution < 1.29 is 24.9 Å². The molecule has 0 saturated heterocycles. The van der Waals surface area contributed by atoms with Gasteiger partial charge in [0.1, 0.15) is 11.6 Å². The molecule has 110 valence electrons. The average Bonchev–Trinajstić information content (AvgIpc) is 2.30. The van der Waals surface area contributed by atoms with Crippen LogP contribution in [0.5, 0.6) is 0 Å². The second-order valence-electron chi connectivity index (χ2n) is 6.02. The molecule has 0 radical (unpaired) electrons. The van der Waals surface area contributed by atoms with E-state index in [2.05, 4.69) is 0 Å². The number of ketones is 2. The van der Waals surface area contributed by atoms with Crippen molar-refractivity contribution in [3.63, 3.8) is 0 Å². The number of carbonyl (C=O) groups excluding carboxylic acids is 2. The Bertz CT molecular complexity index is 354. The van der Waals surface area contributed by atoms with E-state index in [0.717, 1.165) is 0 Å². The first-order valence-corrected chi connectivity index (χ1v) is 6.71. The number of Topliss-reactive ketones (excluding diaryl/α,β-unsaturated/α-hetero) is 2. The van der Waals surface area contributed by atoms with E-state index in [-0.39, 0.29) is 50.0 Å². The Hall–Kier alpha value is -0.780. The smallest absolute Gasteiger partial charge is 0.132 e. The van der Waals surface area contributed by atoms with Gasteiger partial charge < -0.3 is 20.1 Å². The molecule has 0 aromatic heterocycles. The van der Waals surface area contributed by atoms with E-state index in [1.807, 2.05) is 0 Å². The first kappa shape index (κ1) is 16.3. The van der Waals surface area contributed by atoms with Crippen LogP contribution in [-0.4, -0.2) is 45.7 Å². The maximum Gasteiger partial charge on any atom is 0.132 e. The Labute approximate surface area is 113 Å². The topological polar surface area (TPSA) is 94.8 Å². The summed E-state index contributed by atoms with van der Waals surface area (Å²) in [4.78, 5) is 22.9. The van der Waals surface area contributed by atoms with Gasteiger partial charge in [0.2, 0.25) is 0 Å². The highest BCUT2D eigenvalue weighted by Gasteiger charge is 2.54. The van der Waals surface area contributed by atoms with Gasteiger partial charge in [-0.1, -0.05) is 0 Å². The highest BCUT2D eigenvalue weighted by atomic mass is 16.3. The third-order valence-corrected chi connectivity index (χ3v) is 4.33. The molecular weight excluding hydrogens is 248 g/mol. The second kappa shape index (κ2) is 6.11. The highest BCUT2D eigenvalue weighted by Crippen LogP contribution is 2.50. The van der Waals surface area contributed by atoms with E-state index in [9.17, 15) is 24.9 Å². The summed E-state index contributed by atoms with van der Waals surface area (Å²) in [5.41, 5.74) is -2.37. The van der Waals surface area contributed by atoms with Gasteiger partial charge >= 0.3 is 0 Å². The fourth-order valence-corrected chi connectivity index (χ4v) is 3.35. The molecule has 3 atom stereocenters. The molecule has 1 aliphatic carbocycles. The van der Waals surface area contributed by atoms with Crippen LogP contribution >= 0.6 is 0 Å². The molecule has 1 aliphatic rings. The summed E-state index contributed by atoms with van der Waals surface area (Å²) < 4.78 is 0. The van der Waals surface area contributed by atoms with E-state index in [4.69, 9.17) is 0 Å². The quantitative estimate of drug-likeness (QED) is 0.652. The van der Waals surface area contributed by atoms with Crippen LogP contribution in [0.15, 0.2) is 0 Å². The minimum Gasteiger partial charge on any atom is -0.396 e. The monoisotopic (exact) mass is 272 g/mol. The predicted molar refractivity (Wildman–Crippen MR) is 69.5 cm³/mol. The summed E-state index contributed by atoms with van der Waals surface area (Å²) >= 11 is 0. The molecule has 1 fully saturated rings. The largest absolute Gasteiger partial charge is 0.396 e. The Morgan fingerprint density at radius 1 is 1.16 bits per heavy atom. The van der Waals surface area contributed by atoms with Crippen LogP contribution in [0.1, 0.15) is 46.0 Å². The van der Waals surface area contributed by atoms with Gasteiger partial charge in [0, 0.05) is 24.9 Å². The first-order valence-electron chi connectivity index (χ1n) is 6.71. The van der Waals surface area contributed by atoms with Crippen LogP contribution in [0, 0.1) is 11.3 Å². The molecule has 19 heavy (non-hydrogen) atoms. The molecule has 0 aromatic carbocycles. The molecule has 0 spiro atoms. The van der Waals surface area contributed by atoms with Crippen LogP contribution in [0.3, 0.4) is 0 Å². The lowest BCUT2D eigenvalue weighted by Crippen LogP contribution is -2.56. The van der Waals surface area contributed by atoms with Gasteiger partial charge in [0.15, 0.2) is 0 Å². The molecule has 3 unspecified atom stereocenters. The van der Waals surface area contributed by atoms with Crippen molar-refractivity contribution in [1.29, 1.82) is 0 Å². The van der Waals surface area contributed by atoms with Gasteiger partial charge in [-0.2, -0.15) is 0 Å². The molecule has 0 bridgehead atoms. The van der Waals surface area contributed by atoms with Gasteiger partial charge in [-0.3, -0.25) is 4.79 Å². The number of aliphatic hydroxyl groups excluding tert-OH is 2. The van der Waals surface area contributed by atoms with Crippen molar-refractivity contribution in [2.24, 2.45) is 11.3 Å². The highest BCUT2D eigenvalue weighted by molar-refractivity contribution is 5.78. The minimum atomic E-state index is -1.41. The van der Waals surface area contributed by atoms with Crippen LogP contribution in [0.4, 0.5) is 0 Å². The summed E-state index contributed by atoms with van der Waals surface area (Å²) in [7, 11) is 0. The lowest BCUT2D eigenvalue weighted by molar-refractivity contribution is -0.170. The molecule has 0 aromatic rings. The number of carbonyl (C=O) groups is 2. The Morgan fingerprint density at radius 2 is 1.74 bits per heavy atom. The molecule has 5 heteroatoms. The third-order valence-electron chi connectivity index (χ3n) is 4.33. The van der Waals surface area contributed by atoms with E-state index in [1.165, 1.54) is 13.8 Å². The van der Waals surface area contributed by atoms with E-state index in [1.54, 1.807) is 0 Å². The van der Waals surface area contributed by atoms with Gasteiger partial charge in [-0.15, -0.1) is 0 Å². The average molecular weight is 272 g/mol. The van der Waals surface area contributed by atoms with Crippen LogP contribution in [-0.2, 0) is 9.59 Å². The van der Waals surface area contributed by atoms with Crippen molar-refractivity contribution in [2.75, 3.05) is 13.2 Å².